The molecule has 6 nitrogen and oxygen atoms in total. The van der Waals surface area contributed by atoms with Crippen LogP contribution in [0.4, 0.5) is 10.5 Å². The van der Waals surface area contributed by atoms with Gasteiger partial charge in [-0.3, -0.25) is 9.36 Å². The zero-order valence-electron chi connectivity index (χ0n) is 20.4. The Morgan fingerprint density at radius 2 is 1.80 bits per heavy atom. The van der Waals surface area contributed by atoms with E-state index in [-0.39, 0.29) is 11.6 Å². The molecule has 1 N–H and O–H groups in total. The lowest BCUT2D eigenvalue weighted by Crippen LogP contribution is -2.40. The minimum Gasteiger partial charge on any atom is -0.315 e. The number of hydrogen-bond acceptors (Lipinski definition) is 3. The first-order valence-corrected chi connectivity index (χ1v) is 12.1. The van der Waals surface area contributed by atoms with Crippen molar-refractivity contribution in [2.45, 2.75) is 40.2 Å². The second kappa shape index (κ2) is 10.3. The Kier molecular flexibility index (Phi) is 7.22. The standard InChI is InChI=1S/C28H29ClN4O2/c1-5-25(32(6-2)28(35)30-21-11-9-10-20(29)17-21)26-31-24-13-8-7-12-23(24)27(34)33(26)22-15-14-18(3)19(4)16-22/h7-17,25H,5-6H2,1-4H3,(H,30,35). The third-order valence-corrected chi connectivity index (χ3v) is 6.52. The first-order chi connectivity index (χ1) is 16.8. The van der Waals surface area contributed by atoms with Crippen molar-refractivity contribution in [3.8, 4) is 5.69 Å². The number of amides is 2. The Morgan fingerprint density at radius 1 is 1.03 bits per heavy atom. The summed E-state index contributed by atoms with van der Waals surface area (Å²) in [5.74, 6) is 0.530. The van der Waals surface area contributed by atoms with Gasteiger partial charge in [-0.15, -0.1) is 0 Å². The summed E-state index contributed by atoms with van der Waals surface area (Å²) in [6.45, 7) is 8.40. The molecule has 35 heavy (non-hydrogen) atoms. The summed E-state index contributed by atoms with van der Waals surface area (Å²) >= 11 is 6.10. The predicted molar refractivity (Wildman–Crippen MR) is 143 cm³/mol. The van der Waals surface area contributed by atoms with Crippen molar-refractivity contribution < 1.29 is 4.79 Å². The number of rotatable bonds is 6. The molecule has 1 unspecified atom stereocenters. The third kappa shape index (κ3) is 4.93. The molecule has 180 valence electrons. The smallest absolute Gasteiger partial charge is 0.315 e. The number of benzene rings is 3. The van der Waals surface area contributed by atoms with Gasteiger partial charge in [0.25, 0.3) is 5.56 Å². The highest BCUT2D eigenvalue weighted by Gasteiger charge is 2.28. The Hall–Kier alpha value is -3.64. The maximum Gasteiger partial charge on any atom is 0.322 e. The van der Waals surface area contributed by atoms with Crippen LogP contribution in [0.15, 0.2) is 71.5 Å². The van der Waals surface area contributed by atoms with Crippen molar-refractivity contribution in [2.75, 3.05) is 11.9 Å². The number of nitrogens with zero attached hydrogens (tertiary/aromatic N) is 3. The molecule has 0 saturated heterocycles. The molecule has 0 saturated carbocycles. The van der Waals surface area contributed by atoms with E-state index >= 15 is 0 Å². The number of para-hydroxylation sites is 1. The van der Waals surface area contributed by atoms with Gasteiger partial charge in [0.1, 0.15) is 5.82 Å². The maximum atomic E-state index is 13.8. The van der Waals surface area contributed by atoms with E-state index in [1.54, 1.807) is 39.8 Å². The van der Waals surface area contributed by atoms with E-state index in [4.69, 9.17) is 16.6 Å². The van der Waals surface area contributed by atoms with Crippen molar-refractivity contribution in [3.63, 3.8) is 0 Å². The van der Waals surface area contributed by atoms with Crippen molar-refractivity contribution in [3.05, 3.63) is 99.1 Å². The molecule has 1 atom stereocenters. The van der Waals surface area contributed by atoms with Gasteiger partial charge in [0, 0.05) is 17.3 Å². The third-order valence-electron chi connectivity index (χ3n) is 6.29. The minimum atomic E-state index is -0.432. The lowest BCUT2D eigenvalue weighted by molar-refractivity contribution is 0.185. The van der Waals surface area contributed by atoms with Crippen LogP contribution in [-0.2, 0) is 0 Å². The van der Waals surface area contributed by atoms with E-state index in [0.717, 1.165) is 16.8 Å². The second-order valence-electron chi connectivity index (χ2n) is 8.55. The summed E-state index contributed by atoms with van der Waals surface area (Å²) in [5.41, 5.74) is 4.01. The Bertz CT molecular complexity index is 1450. The van der Waals surface area contributed by atoms with Crippen LogP contribution in [0.3, 0.4) is 0 Å². The van der Waals surface area contributed by atoms with E-state index in [2.05, 4.69) is 5.32 Å². The van der Waals surface area contributed by atoms with Gasteiger partial charge in [0.2, 0.25) is 0 Å². The average molecular weight is 489 g/mol. The molecule has 7 heteroatoms. The summed E-state index contributed by atoms with van der Waals surface area (Å²) in [5, 5.41) is 4.01. The van der Waals surface area contributed by atoms with Crippen molar-refractivity contribution >= 4 is 34.2 Å². The van der Waals surface area contributed by atoms with Crippen molar-refractivity contribution in [2.24, 2.45) is 0 Å². The van der Waals surface area contributed by atoms with E-state index < -0.39 is 6.04 Å². The zero-order chi connectivity index (χ0) is 25.1. The Morgan fingerprint density at radius 3 is 2.49 bits per heavy atom. The summed E-state index contributed by atoms with van der Waals surface area (Å²) in [4.78, 5) is 33.8. The second-order valence-corrected chi connectivity index (χ2v) is 8.98. The number of anilines is 1. The Balaban J connectivity index is 1.87. The fourth-order valence-electron chi connectivity index (χ4n) is 4.30. The van der Waals surface area contributed by atoms with E-state index in [1.165, 1.54) is 0 Å². The normalized spacial score (nSPS) is 11.9. The topological polar surface area (TPSA) is 67.2 Å². The summed E-state index contributed by atoms with van der Waals surface area (Å²) < 4.78 is 1.65. The largest absolute Gasteiger partial charge is 0.322 e. The number of nitrogens with one attached hydrogen (secondary N) is 1. The summed E-state index contributed by atoms with van der Waals surface area (Å²) in [6, 6.07) is 19.6. The average Bonchev–Trinajstić information content (AvgIpc) is 2.84. The van der Waals surface area contributed by atoms with E-state index in [9.17, 15) is 9.59 Å². The molecule has 0 aliphatic carbocycles. The molecular weight excluding hydrogens is 460 g/mol. The molecule has 0 fully saturated rings. The minimum absolute atomic E-state index is 0.154. The van der Waals surface area contributed by atoms with E-state index in [1.807, 2.05) is 64.1 Å². The first-order valence-electron chi connectivity index (χ1n) is 11.8. The summed E-state index contributed by atoms with van der Waals surface area (Å²) in [7, 11) is 0. The molecule has 0 aliphatic heterocycles. The van der Waals surface area contributed by atoms with Crippen LogP contribution in [0, 0.1) is 13.8 Å². The molecule has 2 amide bonds. The Labute approximate surface area is 210 Å². The highest BCUT2D eigenvalue weighted by Crippen LogP contribution is 2.27. The number of urea groups is 1. The van der Waals surface area contributed by atoms with Gasteiger partial charge >= 0.3 is 6.03 Å². The molecule has 0 bridgehead atoms. The van der Waals surface area contributed by atoms with Gasteiger partial charge in [0.05, 0.1) is 22.6 Å². The lowest BCUT2D eigenvalue weighted by atomic mass is 10.1. The zero-order valence-corrected chi connectivity index (χ0v) is 21.1. The molecule has 0 spiro atoms. The van der Waals surface area contributed by atoms with Gasteiger partial charge in [0.15, 0.2) is 0 Å². The first kappa shape index (κ1) is 24.5. The fraction of sp³-hybridized carbons (Fsp3) is 0.250. The summed E-state index contributed by atoms with van der Waals surface area (Å²) in [6.07, 6.45) is 0.576. The SMILES string of the molecule is CCC(c1nc2ccccc2c(=O)n1-c1ccc(C)c(C)c1)N(CC)C(=O)Nc1cccc(Cl)c1. The molecule has 1 aromatic heterocycles. The number of halogens is 1. The van der Waals surface area contributed by atoms with Crippen molar-refractivity contribution in [1.82, 2.24) is 14.5 Å². The van der Waals surface area contributed by atoms with Crippen LogP contribution in [-0.4, -0.2) is 27.0 Å². The van der Waals surface area contributed by atoms with Crippen LogP contribution in [0.2, 0.25) is 5.02 Å². The van der Waals surface area contributed by atoms with Gasteiger partial charge in [-0.25, -0.2) is 9.78 Å². The fourth-order valence-corrected chi connectivity index (χ4v) is 4.49. The number of aromatic nitrogens is 2. The predicted octanol–water partition coefficient (Wildman–Crippen LogP) is 6.66. The highest BCUT2D eigenvalue weighted by atomic mass is 35.5. The van der Waals surface area contributed by atoms with Gasteiger partial charge in [-0.2, -0.15) is 0 Å². The van der Waals surface area contributed by atoms with Crippen LogP contribution in [0.25, 0.3) is 16.6 Å². The maximum absolute atomic E-state index is 13.8. The molecule has 4 aromatic rings. The van der Waals surface area contributed by atoms with Crippen LogP contribution in [0.1, 0.15) is 43.3 Å². The van der Waals surface area contributed by atoms with Crippen LogP contribution in [0.5, 0.6) is 0 Å². The van der Waals surface area contributed by atoms with Gasteiger partial charge in [-0.1, -0.05) is 42.8 Å². The molecular formula is C28H29ClN4O2. The lowest BCUT2D eigenvalue weighted by Gasteiger charge is -2.31. The van der Waals surface area contributed by atoms with Crippen molar-refractivity contribution in [1.29, 1.82) is 0 Å². The molecule has 0 aliphatic rings. The molecule has 3 aromatic carbocycles. The van der Waals surface area contributed by atoms with Crippen LogP contribution >= 0.6 is 11.6 Å². The monoisotopic (exact) mass is 488 g/mol. The van der Waals surface area contributed by atoms with E-state index in [0.29, 0.717) is 40.4 Å². The number of carbonyl (C=O) groups is 1. The highest BCUT2D eigenvalue weighted by molar-refractivity contribution is 6.30. The number of carbonyl (C=O) groups excluding carboxylic acids is 1. The van der Waals surface area contributed by atoms with Gasteiger partial charge < -0.3 is 10.2 Å². The molecule has 0 radical (unpaired) electrons. The quantitative estimate of drug-likeness (QED) is 0.330. The number of aryl methyl sites for hydroxylation is 2. The number of hydrogen-bond donors (Lipinski definition) is 1. The molecule has 4 rings (SSSR count). The van der Waals surface area contributed by atoms with Crippen LogP contribution < -0.4 is 10.9 Å². The number of fused-ring (bicyclic) bond motifs is 1. The van der Waals surface area contributed by atoms with Gasteiger partial charge in [-0.05, 0) is 80.8 Å². The molecule has 1 heterocycles.